The van der Waals surface area contributed by atoms with Crippen LogP contribution in [0.15, 0.2) is 12.3 Å². The third kappa shape index (κ3) is 2.63. The van der Waals surface area contributed by atoms with Crippen molar-refractivity contribution in [3.8, 4) is 0 Å². The maximum Gasteiger partial charge on any atom is 0.255 e. The summed E-state index contributed by atoms with van der Waals surface area (Å²) in [6, 6.07) is 1.94. The molecule has 0 spiro atoms. The number of amides is 1. The number of pyridine rings is 1. The molecule has 3 rings (SSSR count). The van der Waals surface area contributed by atoms with Crippen LogP contribution in [0.3, 0.4) is 0 Å². The summed E-state index contributed by atoms with van der Waals surface area (Å²) in [5.41, 5.74) is 2.74. The van der Waals surface area contributed by atoms with Gasteiger partial charge in [0.15, 0.2) is 0 Å². The van der Waals surface area contributed by atoms with Crippen molar-refractivity contribution in [3.05, 3.63) is 29.1 Å². The third-order valence-corrected chi connectivity index (χ3v) is 4.12. The minimum atomic E-state index is 0.0875. The van der Waals surface area contributed by atoms with Gasteiger partial charge in [-0.2, -0.15) is 0 Å². The lowest BCUT2D eigenvalue weighted by Crippen LogP contribution is -2.46. The molecule has 2 aliphatic rings. The van der Waals surface area contributed by atoms with Crippen molar-refractivity contribution in [3.63, 3.8) is 0 Å². The molecule has 1 aromatic heterocycles. The first kappa shape index (κ1) is 12.6. The monoisotopic (exact) mass is 260 g/mol. The molecular weight excluding hydrogens is 240 g/mol. The van der Waals surface area contributed by atoms with Crippen LogP contribution < -0.4 is 0 Å². The summed E-state index contributed by atoms with van der Waals surface area (Å²) in [4.78, 5) is 18.7. The fraction of sp³-hybridized carbons (Fsp3) is 0.600. The van der Waals surface area contributed by atoms with Crippen LogP contribution >= 0.6 is 0 Å². The predicted molar refractivity (Wildman–Crippen MR) is 72.1 cm³/mol. The topological polar surface area (TPSA) is 42.4 Å². The molecule has 2 heterocycles. The summed E-state index contributed by atoms with van der Waals surface area (Å²) in [6.07, 6.45) is 4.43. The van der Waals surface area contributed by atoms with Crippen molar-refractivity contribution >= 4 is 5.91 Å². The molecule has 1 aliphatic heterocycles. The molecule has 1 aliphatic carbocycles. The number of carbonyl (C=O) groups is 1. The van der Waals surface area contributed by atoms with Gasteiger partial charge >= 0.3 is 0 Å². The van der Waals surface area contributed by atoms with Crippen LogP contribution in [0.1, 0.15) is 34.5 Å². The molecule has 1 atom stereocenters. The molecule has 0 radical (unpaired) electrons. The van der Waals surface area contributed by atoms with E-state index in [2.05, 4.69) is 4.98 Å². The Morgan fingerprint density at radius 1 is 1.42 bits per heavy atom. The van der Waals surface area contributed by atoms with Gasteiger partial charge in [-0.15, -0.1) is 0 Å². The van der Waals surface area contributed by atoms with Gasteiger partial charge in [0.2, 0.25) is 0 Å². The van der Waals surface area contributed by atoms with Gasteiger partial charge < -0.3 is 9.64 Å². The molecule has 0 bridgehead atoms. The zero-order valence-corrected chi connectivity index (χ0v) is 11.6. The minimum absolute atomic E-state index is 0.0875. The summed E-state index contributed by atoms with van der Waals surface area (Å²) in [7, 11) is 0. The minimum Gasteiger partial charge on any atom is -0.374 e. The first-order valence-corrected chi connectivity index (χ1v) is 6.99. The van der Waals surface area contributed by atoms with Crippen molar-refractivity contribution in [1.82, 2.24) is 9.88 Å². The quantitative estimate of drug-likeness (QED) is 0.816. The predicted octanol–water partition coefficient (Wildman–Crippen LogP) is 1.95. The molecule has 4 nitrogen and oxygen atoms in total. The molecule has 0 N–H and O–H groups in total. The van der Waals surface area contributed by atoms with E-state index in [0.29, 0.717) is 24.6 Å². The van der Waals surface area contributed by atoms with E-state index < -0.39 is 0 Å². The number of aromatic nitrogens is 1. The number of ether oxygens (including phenoxy) is 1. The molecule has 4 heteroatoms. The Kier molecular flexibility index (Phi) is 3.27. The lowest BCUT2D eigenvalue weighted by Gasteiger charge is -2.33. The number of aryl methyl sites for hydroxylation is 2. The van der Waals surface area contributed by atoms with Gasteiger partial charge in [0, 0.05) is 25.0 Å². The Bertz CT molecular complexity index is 497. The SMILES string of the molecule is Cc1cc(C(=O)N2CCO[C@@H](C3CC3)C2)cnc1C. The summed E-state index contributed by atoms with van der Waals surface area (Å²) < 4.78 is 5.75. The second-order valence-electron chi connectivity index (χ2n) is 5.62. The number of hydrogen-bond donors (Lipinski definition) is 0. The van der Waals surface area contributed by atoms with Gasteiger partial charge in [0.1, 0.15) is 0 Å². The molecule has 0 unspecified atom stereocenters. The van der Waals surface area contributed by atoms with Crippen molar-refractivity contribution in [2.45, 2.75) is 32.8 Å². The van der Waals surface area contributed by atoms with E-state index in [1.54, 1.807) is 6.20 Å². The first-order chi connectivity index (χ1) is 9.15. The number of carbonyl (C=O) groups excluding carboxylic acids is 1. The lowest BCUT2D eigenvalue weighted by molar-refractivity contribution is -0.0314. The van der Waals surface area contributed by atoms with Gasteiger partial charge in [-0.3, -0.25) is 9.78 Å². The van der Waals surface area contributed by atoms with Gasteiger partial charge in [-0.05, 0) is 44.2 Å². The summed E-state index contributed by atoms with van der Waals surface area (Å²) >= 11 is 0. The van der Waals surface area contributed by atoms with Crippen molar-refractivity contribution in [2.75, 3.05) is 19.7 Å². The van der Waals surface area contributed by atoms with E-state index in [1.807, 2.05) is 24.8 Å². The maximum absolute atomic E-state index is 12.5. The van der Waals surface area contributed by atoms with Crippen molar-refractivity contribution in [1.29, 1.82) is 0 Å². The van der Waals surface area contributed by atoms with E-state index in [0.717, 1.165) is 17.8 Å². The van der Waals surface area contributed by atoms with Crippen LogP contribution in [-0.4, -0.2) is 41.6 Å². The van der Waals surface area contributed by atoms with E-state index >= 15 is 0 Å². The summed E-state index contributed by atoms with van der Waals surface area (Å²) in [5, 5.41) is 0. The molecule has 0 aromatic carbocycles. The molecule has 19 heavy (non-hydrogen) atoms. The summed E-state index contributed by atoms with van der Waals surface area (Å²) in [5.74, 6) is 0.762. The van der Waals surface area contributed by atoms with Crippen LogP contribution in [0, 0.1) is 19.8 Å². The van der Waals surface area contributed by atoms with Crippen LogP contribution in [0.5, 0.6) is 0 Å². The molecule has 1 saturated carbocycles. The van der Waals surface area contributed by atoms with Crippen LogP contribution in [0.4, 0.5) is 0 Å². The van der Waals surface area contributed by atoms with Gasteiger partial charge in [0.05, 0.1) is 18.3 Å². The Hall–Kier alpha value is -1.42. The molecular formula is C15H20N2O2. The van der Waals surface area contributed by atoms with Crippen molar-refractivity contribution in [2.24, 2.45) is 5.92 Å². The lowest BCUT2D eigenvalue weighted by atomic mass is 10.1. The van der Waals surface area contributed by atoms with Gasteiger partial charge in [-0.1, -0.05) is 0 Å². The standard InChI is InChI=1S/C15H20N2O2/c1-10-7-13(8-16-11(10)2)15(18)17-5-6-19-14(9-17)12-3-4-12/h7-8,12,14H,3-6,9H2,1-2H3/t14-/m1/s1. The fourth-order valence-corrected chi connectivity index (χ4v) is 2.56. The van der Waals surface area contributed by atoms with Gasteiger partial charge in [-0.25, -0.2) is 0 Å². The van der Waals surface area contributed by atoms with Crippen LogP contribution in [-0.2, 0) is 4.74 Å². The molecule has 2 fully saturated rings. The maximum atomic E-state index is 12.5. The summed E-state index contributed by atoms with van der Waals surface area (Å²) in [6.45, 7) is 6.03. The smallest absolute Gasteiger partial charge is 0.255 e. The first-order valence-electron chi connectivity index (χ1n) is 6.99. The second-order valence-corrected chi connectivity index (χ2v) is 5.62. The number of rotatable bonds is 2. The van der Waals surface area contributed by atoms with E-state index in [1.165, 1.54) is 12.8 Å². The fourth-order valence-electron chi connectivity index (χ4n) is 2.56. The Morgan fingerprint density at radius 2 is 2.21 bits per heavy atom. The van der Waals surface area contributed by atoms with Gasteiger partial charge in [0.25, 0.3) is 5.91 Å². The Labute approximate surface area is 113 Å². The molecule has 1 aromatic rings. The molecule has 102 valence electrons. The highest BCUT2D eigenvalue weighted by Gasteiger charge is 2.36. The zero-order valence-electron chi connectivity index (χ0n) is 11.6. The zero-order chi connectivity index (χ0) is 13.4. The number of morpholine rings is 1. The van der Waals surface area contributed by atoms with E-state index in [4.69, 9.17) is 4.74 Å². The third-order valence-electron chi connectivity index (χ3n) is 4.12. The average molecular weight is 260 g/mol. The molecule has 1 saturated heterocycles. The second kappa shape index (κ2) is 4.93. The van der Waals surface area contributed by atoms with Crippen molar-refractivity contribution < 1.29 is 9.53 Å². The number of hydrogen-bond acceptors (Lipinski definition) is 3. The molecule has 1 amide bonds. The highest BCUT2D eigenvalue weighted by Crippen LogP contribution is 2.35. The largest absolute Gasteiger partial charge is 0.374 e. The van der Waals surface area contributed by atoms with Crippen LogP contribution in [0.2, 0.25) is 0 Å². The highest BCUT2D eigenvalue weighted by atomic mass is 16.5. The van der Waals surface area contributed by atoms with E-state index in [9.17, 15) is 4.79 Å². The Morgan fingerprint density at radius 3 is 2.89 bits per heavy atom. The Balaban J connectivity index is 1.73. The highest BCUT2D eigenvalue weighted by molar-refractivity contribution is 5.94. The van der Waals surface area contributed by atoms with Crippen LogP contribution in [0.25, 0.3) is 0 Å². The number of nitrogens with zero attached hydrogens (tertiary/aromatic N) is 2. The average Bonchev–Trinajstić information content (AvgIpc) is 3.26. The normalized spacial score (nSPS) is 23.5. The van der Waals surface area contributed by atoms with E-state index in [-0.39, 0.29) is 12.0 Å².